The van der Waals surface area contributed by atoms with E-state index in [2.05, 4.69) is 11.8 Å². The molecule has 2 nitrogen and oxygen atoms in total. The molecule has 1 heterocycles. The van der Waals surface area contributed by atoms with E-state index in [0.29, 0.717) is 17.4 Å². The first kappa shape index (κ1) is 8.35. The summed E-state index contributed by atoms with van der Waals surface area (Å²) in [5, 5.41) is 0. The largest absolute Gasteiger partial charge is 0.399 e. The molecule has 1 atom stereocenters. The van der Waals surface area contributed by atoms with Crippen LogP contribution >= 0.6 is 0 Å². The van der Waals surface area contributed by atoms with Crippen molar-refractivity contribution in [2.45, 2.75) is 19.4 Å². The first-order valence-corrected chi connectivity index (χ1v) is 4.50. The summed E-state index contributed by atoms with van der Waals surface area (Å²) < 4.78 is 13.4. The predicted molar refractivity (Wildman–Crippen MR) is 52.2 cm³/mol. The van der Waals surface area contributed by atoms with Gasteiger partial charge in [-0.1, -0.05) is 0 Å². The minimum Gasteiger partial charge on any atom is -0.399 e. The molecule has 0 spiro atoms. The number of nitrogens with two attached hydrogens (primary N) is 1. The minimum absolute atomic E-state index is 0.216. The van der Waals surface area contributed by atoms with Crippen molar-refractivity contribution >= 4 is 11.4 Å². The van der Waals surface area contributed by atoms with E-state index >= 15 is 0 Å². The molecular weight excluding hydrogens is 167 g/mol. The van der Waals surface area contributed by atoms with Crippen molar-refractivity contribution in [3.05, 3.63) is 24.0 Å². The van der Waals surface area contributed by atoms with Gasteiger partial charge >= 0.3 is 0 Å². The van der Waals surface area contributed by atoms with Gasteiger partial charge in [0.25, 0.3) is 0 Å². The number of nitrogens with zero attached hydrogens (tertiary/aromatic N) is 1. The van der Waals surface area contributed by atoms with E-state index in [9.17, 15) is 4.39 Å². The number of benzene rings is 1. The molecule has 0 aliphatic carbocycles. The fraction of sp³-hybridized carbons (Fsp3) is 0.400. The molecule has 1 aliphatic rings. The Morgan fingerprint density at radius 2 is 2.31 bits per heavy atom. The van der Waals surface area contributed by atoms with Gasteiger partial charge in [0, 0.05) is 18.3 Å². The van der Waals surface area contributed by atoms with Crippen molar-refractivity contribution in [2.24, 2.45) is 0 Å². The third kappa shape index (κ3) is 1.34. The lowest BCUT2D eigenvalue weighted by molar-refractivity contribution is 0.469. The van der Waals surface area contributed by atoms with Crippen LogP contribution in [0.25, 0.3) is 0 Å². The Hall–Kier alpha value is -1.25. The summed E-state index contributed by atoms with van der Waals surface area (Å²) in [4.78, 5) is 2.05. The molecule has 1 aliphatic heterocycles. The van der Waals surface area contributed by atoms with Crippen molar-refractivity contribution in [3.63, 3.8) is 0 Å². The van der Waals surface area contributed by atoms with Crippen LogP contribution in [-0.2, 0) is 0 Å². The van der Waals surface area contributed by atoms with Gasteiger partial charge in [-0.15, -0.1) is 0 Å². The Kier molecular flexibility index (Phi) is 1.87. The second-order valence-electron chi connectivity index (χ2n) is 3.54. The molecule has 3 heteroatoms. The molecule has 0 radical (unpaired) electrons. The summed E-state index contributed by atoms with van der Waals surface area (Å²) in [7, 11) is 0. The van der Waals surface area contributed by atoms with E-state index < -0.39 is 0 Å². The number of hydrogen-bond acceptors (Lipinski definition) is 2. The molecule has 0 aromatic heterocycles. The molecule has 70 valence electrons. The van der Waals surface area contributed by atoms with Crippen LogP contribution in [0.15, 0.2) is 18.2 Å². The Labute approximate surface area is 77.2 Å². The predicted octanol–water partition coefficient (Wildman–Crippen LogP) is 2.01. The molecule has 13 heavy (non-hydrogen) atoms. The maximum Gasteiger partial charge on any atom is 0.148 e. The third-order valence-electron chi connectivity index (χ3n) is 2.60. The van der Waals surface area contributed by atoms with Gasteiger partial charge in [-0.25, -0.2) is 4.39 Å². The zero-order chi connectivity index (χ0) is 9.42. The first-order valence-electron chi connectivity index (χ1n) is 4.50. The van der Waals surface area contributed by atoms with Gasteiger partial charge in [0.2, 0.25) is 0 Å². The summed E-state index contributed by atoms with van der Waals surface area (Å²) in [5.41, 5.74) is 6.62. The molecule has 2 N–H and O–H groups in total. The molecule has 1 saturated heterocycles. The second-order valence-corrected chi connectivity index (χ2v) is 3.54. The summed E-state index contributed by atoms with van der Waals surface area (Å²) in [5.74, 6) is -0.216. The fourth-order valence-electron chi connectivity index (χ4n) is 1.63. The van der Waals surface area contributed by atoms with Crippen LogP contribution < -0.4 is 10.6 Å². The summed E-state index contributed by atoms with van der Waals surface area (Å²) in [6.45, 7) is 3.04. The number of anilines is 2. The van der Waals surface area contributed by atoms with Crippen molar-refractivity contribution in [1.29, 1.82) is 0 Å². The Morgan fingerprint density at radius 3 is 2.77 bits per heavy atom. The quantitative estimate of drug-likeness (QED) is 0.670. The highest BCUT2D eigenvalue weighted by atomic mass is 19.1. The van der Waals surface area contributed by atoms with Gasteiger partial charge in [0.1, 0.15) is 5.82 Å². The number of nitrogen functional groups attached to an aromatic ring is 1. The maximum absolute atomic E-state index is 13.4. The molecule has 0 saturated carbocycles. The molecule has 1 unspecified atom stereocenters. The molecule has 2 rings (SSSR count). The lowest BCUT2D eigenvalue weighted by atomic mass is 10.0. The number of rotatable bonds is 1. The Morgan fingerprint density at radius 1 is 1.54 bits per heavy atom. The lowest BCUT2D eigenvalue weighted by Gasteiger charge is -2.40. The van der Waals surface area contributed by atoms with E-state index in [1.165, 1.54) is 6.07 Å². The van der Waals surface area contributed by atoms with Crippen molar-refractivity contribution in [3.8, 4) is 0 Å². The van der Waals surface area contributed by atoms with E-state index in [4.69, 9.17) is 5.73 Å². The van der Waals surface area contributed by atoms with E-state index in [0.717, 1.165) is 13.0 Å². The van der Waals surface area contributed by atoms with E-state index in [-0.39, 0.29) is 5.82 Å². The second kappa shape index (κ2) is 2.91. The maximum atomic E-state index is 13.4. The van der Waals surface area contributed by atoms with E-state index in [1.807, 2.05) is 0 Å². The van der Waals surface area contributed by atoms with Crippen LogP contribution in [0.2, 0.25) is 0 Å². The molecule has 1 aromatic rings. The van der Waals surface area contributed by atoms with Gasteiger partial charge < -0.3 is 10.6 Å². The Bertz CT molecular complexity index is 325. The van der Waals surface area contributed by atoms with Crippen molar-refractivity contribution < 1.29 is 4.39 Å². The van der Waals surface area contributed by atoms with Crippen LogP contribution in [0, 0.1) is 5.82 Å². The zero-order valence-electron chi connectivity index (χ0n) is 7.63. The van der Waals surface area contributed by atoms with Gasteiger partial charge in [0.05, 0.1) is 5.69 Å². The SMILES string of the molecule is CC1CCN1c1ccc(N)cc1F. The summed E-state index contributed by atoms with van der Waals surface area (Å²) in [6, 6.07) is 5.32. The highest BCUT2D eigenvalue weighted by molar-refractivity contribution is 5.56. The van der Waals surface area contributed by atoms with Crippen LogP contribution in [-0.4, -0.2) is 12.6 Å². The molecule has 1 aromatic carbocycles. The van der Waals surface area contributed by atoms with Crippen LogP contribution in [0.5, 0.6) is 0 Å². The van der Waals surface area contributed by atoms with Crippen LogP contribution in [0.3, 0.4) is 0 Å². The molecule has 1 fully saturated rings. The molecule has 0 bridgehead atoms. The van der Waals surface area contributed by atoms with Crippen molar-refractivity contribution in [2.75, 3.05) is 17.2 Å². The summed E-state index contributed by atoms with van der Waals surface area (Å²) >= 11 is 0. The average Bonchev–Trinajstić information content (AvgIpc) is 2.07. The third-order valence-corrected chi connectivity index (χ3v) is 2.60. The lowest BCUT2D eigenvalue weighted by Crippen LogP contribution is -2.46. The standard InChI is InChI=1S/C10H13FN2/c1-7-4-5-13(7)10-3-2-8(12)6-9(10)11/h2-3,6-7H,4-5,12H2,1H3. The Balaban J connectivity index is 2.30. The van der Waals surface area contributed by atoms with Gasteiger partial charge in [0.15, 0.2) is 0 Å². The normalized spacial score (nSPS) is 21.4. The first-order chi connectivity index (χ1) is 6.18. The monoisotopic (exact) mass is 180 g/mol. The molecule has 0 amide bonds. The van der Waals surface area contributed by atoms with Crippen molar-refractivity contribution in [1.82, 2.24) is 0 Å². The number of hydrogen-bond donors (Lipinski definition) is 1. The number of halogens is 1. The van der Waals surface area contributed by atoms with Crippen LogP contribution in [0.4, 0.5) is 15.8 Å². The van der Waals surface area contributed by atoms with Crippen LogP contribution in [0.1, 0.15) is 13.3 Å². The fourth-order valence-corrected chi connectivity index (χ4v) is 1.63. The average molecular weight is 180 g/mol. The minimum atomic E-state index is -0.216. The summed E-state index contributed by atoms with van der Waals surface area (Å²) in [6.07, 6.45) is 1.14. The van der Waals surface area contributed by atoms with Gasteiger partial charge in [-0.2, -0.15) is 0 Å². The molecular formula is C10H13FN2. The van der Waals surface area contributed by atoms with Gasteiger partial charge in [-0.05, 0) is 31.5 Å². The highest BCUT2D eigenvalue weighted by Crippen LogP contribution is 2.29. The topological polar surface area (TPSA) is 29.3 Å². The zero-order valence-corrected chi connectivity index (χ0v) is 7.63. The van der Waals surface area contributed by atoms with Gasteiger partial charge in [-0.3, -0.25) is 0 Å². The van der Waals surface area contributed by atoms with E-state index in [1.54, 1.807) is 12.1 Å². The smallest absolute Gasteiger partial charge is 0.148 e. The highest BCUT2D eigenvalue weighted by Gasteiger charge is 2.25.